The fourth-order valence-electron chi connectivity index (χ4n) is 5.47. The van der Waals surface area contributed by atoms with Crippen LogP contribution in [0.1, 0.15) is 60.6 Å². The molecule has 0 radical (unpaired) electrons. The standard InChI is InChI=1S/C28H38N8O2/c1-19(32-26-21(17-29)16-24(28(38)33(2)3)36(26)22-6-4-5-7-22)31-25-11-10-23(18-30-25)34-12-14-35(15-13-34)27(37)20-8-9-20/h10-11,16-18,20,22,29,32H,1,4-9,12-15H2,2-3H3,(H,30,31). The Morgan fingerprint density at radius 1 is 1.08 bits per heavy atom. The van der Waals surface area contributed by atoms with Crippen molar-refractivity contribution in [2.45, 2.75) is 44.6 Å². The van der Waals surface area contributed by atoms with Crippen LogP contribution in [0.4, 0.5) is 17.3 Å². The van der Waals surface area contributed by atoms with Crippen molar-refractivity contribution in [1.29, 1.82) is 5.41 Å². The molecule has 0 unspecified atom stereocenters. The van der Waals surface area contributed by atoms with Crippen LogP contribution in [0.15, 0.2) is 36.8 Å². The average Bonchev–Trinajstić information content (AvgIpc) is 3.52. The first-order valence-corrected chi connectivity index (χ1v) is 13.6. The summed E-state index contributed by atoms with van der Waals surface area (Å²) in [6, 6.07) is 5.93. The number of hydrogen-bond acceptors (Lipinski definition) is 7. The molecule has 0 bridgehead atoms. The molecule has 2 amide bonds. The highest BCUT2D eigenvalue weighted by atomic mass is 16.2. The number of carbonyl (C=O) groups excluding carboxylic acids is 2. The van der Waals surface area contributed by atoms with Gasteiger partial charge in [0.25, 0.3) is 5.91 Å². The molecule has 5 rings (SSSR count). The minimum atomic E-state index is -0.0818. The second-order valence-corrected chi connectivity index (χ2v) is 10.7. The summed E-state index contributed by atoms with van der Waals surface area (Å²) in [6.45, 7) is 7.26. The number of anilines is 3. The van der Waals surface area contributed by atoms with E-state index < -0.39 is 0 Å². The smallest absolute Gasteiger partial charge is 0.270 e. The lowest BCUT2D eigenvalue weighted by molar-refractivity contribution is -0.132. The number of pyridine rings is 1. The van der Waals surface area contributed by atoms with Gasteiger partial charge in [0, 0.05) is 64.0 Å². The zero-order valence-corrected chi connectivity index (χ0v) is 22.4. The zero-order chi connectivity index (χ0) is 26.8. The molecule has 3 fully saturated rings. The minimum absolute atomic E-state index is 0.0818. The summed E-state index contributed by atoms with van der Waals surface area (Å²) in [7, 11) is 3.49. The van der Waals surface area contributed by atoms with Crippen LogP contribution in [-0.4, -0.2) is 77.7 Å². The Balaban J connectivity index is 1.25. The van der Waals surface area contributed by atoms with Crippen molar-refractivity contribution in [3.05, 3.63) is 48.1 Å². The van der Waals surface area contributed by atoms with Gasteiger partial charge >= 0.3 is 0 Å². The van der Waals surface area contributed by atoms with Gasteiger partial charge in [0.15, 0.2) is 0 Å². The molecule has 2 saturated carbocycles. The van der Waals surface area contributed by atoms with Gasteiger partial charge < -0.3 is 35.3 Å². The van der Waals surface area contributed by atoms with Crippen LogP contribution in [0.3, 0.4) is 0 Å². The fraction of sp³-hybridized carbons (Fsp3) is 0.500. The molecule has 10 heteroatoms. The van der Waals surface area contributed by atoms with E-state index in [1.807, 2.05) is 27.8 Å². The summed E-state index contributed by atoms with van der Waals surface area (Å²) in [6.07, 6.45) is 9.45. The van der Waals surface area contributed by atoms with Gasteiger partial charge in [-0.3, -0.25) is 9.59 Å². The third kappa shape index (κ3) is 5.39. The van der Waals surface area contributed by atoms with Crippen molar-refractivity contribution >= 4 is 35.4 Å². The molecule has 202 valence electrons. The summed E-state index contributed by atoms with van der Waals surface area (Å²) >= 11 is 0. The Morgan fingerprint density at radius 3 is 2.37 bits per heavy atom. The molecular formula is C28H38N8O2. The van der Waals surface area contributed by atoms with E-state index in [0.29, 0.717) is 34.6 Å². The summed E-state index contributed by atoms with van der Waals surface area (Å²) < 4.78 is 2.05. The maximum absolute atomic E-state index is 13.0. The van der Waals surface area contributed by atoms with Gasteiger partial charge in [-0.15, -0.1) is 0 Å². The van der Waals surface area contributed by atoms with Gasteiger partial charge in [-0.2, -0.15) is 0 Å². The number of aromatic nitrogens is 2. The molecule has 3 heterocycles. The molecule has 38 heavy (non-hydrogen) atoms. The monoisotopic (exact) mass is 518 g/mol. The number of carbonyl (C=O) groups is 2. The van der Waals surface area contributed by atoms with Crippen LogP contribution in [-0.2, 0) is 4.79 Å². The van der Waals surface area contributed by atoms with Crippen LogP contribution >= 0.6 is 0 Å². The summed E-state index contributed by atoms with van der Waals surface area (Å²) in [5, 5.41) is 14.5. The fourth-order valence-corrected chi connectivity index (χ4v) is 5.47. The van der Waals surface area contributed by atoms with E-state index in [9.17, 15) is 9.59 Å². The molecule has 2 aromatic heterocycles. The zero-order valence-electron chi connectivity index (χ0n) is 22.4. The van der Waals surface area contributed by atoms with Crippen molar-refractivity contribution in [1.82, 2.24) is 19.4 Å². The van der Waals surface area contributed by atoms with Crippen molar-refractivity contribution in [2.75, 3.05) is 55.8 Å². The maximum atomic E-state index is 13.0. The first-order valence-electron chi connectivity index (χ1n) is 13.6. The molecule has 1 saturated heterocycles. The van der Waals surface area contributed by atoms with Crippen LogP contribution < -0.4 is 15.5 Å². The SMILES string of the molecule is C=C(Nc1ccc(N2CCN(C(=O)C3CC3)CC2)cn1)Nc1c(C=N)cc(C(=O)N(C)C)n1C1CCCC1. The molecular weight excluding hydrogens is 480 g/mol. The van der Waals surface area contributed by atoms with Crippen molar-refractivity contribution in [3.8, 4) is 0 Å². The largest absolute Gasteiger partial charge is 0.367 e. The normalized spacial score (nSPS) is 17.8. The van der Waals surface area contributed by atoms with Gasteiger partial charge in [0.1, 0.15) is 23.2 Å². The Kier molecular flexibility index (Phi) is 7.40. The van der Waals surface area contributed by atoms with Crippen LogP contribution in [0.5, 0.6) is 0 Å². The number of nitrogens with zero attached hydrogens (tertiary/aromatic N) is 5. The predicted octanol–water partition coefficient (Wildman–Crippen LogP) is 3.75. The molecule has 10 nitrogen and oxygen atoms in total. The number of hydrogen-bond donors (Lipinski definition) is 3. The van der Waals surface area contributed by atoms with Crippen molar-refractivity contribution in [2.24, 2.45) is 5.92 Å². The van der Waals surface area contributed by atoms with Gasteiger partial charge in [-0.1, -0.05) is 19.4 Å². The minimum Gasteiger partial charge on any atom is -0.367 e. The molecule has 2 aromatic rings. The average molecular weight is 519 g/mol. The summed E-state index contributed by atoms with van der Waals surface area (Å²) in [5.74, 6) is 2.37. The first kappa shape index (κ1) is 25.8. The third-order valence-electron chi connectivity index (χ3n) is 7.72. The number of piperazine rings is 1. The van der Waals surface area contributed by atoms with E-state index in [1.165, 1.54) is 6.21 Å². The lowest BCUT2D eigenvalue weighted by atomic mass is 10.2. The molecule has 2 aliphatic carbocycles. The quantitative estimate of drug-likeness (QED) is 0.436. The third-order valence-corrected chi connectivity index (χ3v) is 7.72. The summed E-state index contributed by atoms with van der Waals surface area (Å²) in [5.41, 5.74) is 2.26. The second kappa shape index (κ2) is 10.9. The Bertz CT molecular complexity index is 1200. The highest BCUT2D eigenvalue weighted by Crippen LogP contribution is 2.36. The van der Waals surface area contributed by atoms with Gasteiger partial charge in [0.2, 0.25) is 5.91 Å². The molecule has 0 spiro atoms. The first-order chi connectivity index (χ1) is 18.4. The Hall–Kier alpha value is -3.82. The highest BCUT2D eigenvalue weighted by Gasteiger charge is 2.34. The topological polar surface area (TPSA) is 110 Å². The molecule has 0 atom stereocenters. The maximum Gasteiger partial charge on any atom is 0.270 e. The van der Waals surface area contributed by atoms with Gasteiger partial charge in [-0.25, -0.2) is 4.98 Å². The molecule has 0 aromatic carbocycles. The number of amides is 2. The molecule has 1 aliphatic heterocycles. The van der Waals surface area contributed by atoms with Gasteiger partial charge in [-0.05, 0) is 43.9 Å². The highest BCUT2D eigenvalue weighted by molar-refractivity contribution is 5.98. The van der Waals surface area contributed by atoms with E-state index in [4.69, 9.17) is 5.41 Å². The van der Waals surface area contributed by atoms with Crippen LogP contribution in [0.25, 0.3) is 0 Å². The van der Waals surface area contributed by atoms with Crippen LogP contribution in [0, 0.1) is 11.3 Å². The van der Waals surface area contributed by atoms with Crippen LogP contribution in [0.2, 0.25) is 0 Å². The predicted molar refractivity (Wildman–Crippen MR) is 150 cm³/mol. The van der Waals surface area contributed by atoms with Crippen molar-refractivity contribution < 1.29 is 9.59 Å². The van der Waals surface area contributed by atoms with E-state index >= 15 is 0 Å². The van der Waals surface area contributed by atoms with E-state index in [0.717, 1.165) is 70.4 Å². The lowest BCUT2D eigenvalue weighted by Gasteiger charge is -2.36. The van der Waals surface area contributed by atoms with E-state index in [-0.39, 0.29) is 17.9 Å². The molecule has 3 N–H and O–H groups in total. The Labute approximate surface area is 224 Å². The van der Waals surface area contributed by atoms with Crippen molar-refractivity contribution in [3.63, 3.8) is 0 Å². The number of nitrogens with one attached hydrogen (secondary N) is 3. The molecule has 3 aliphatic rings. The lowest BCUT2D eigenvalue weighted by Crippen LogP contribution is -2.49. The van der Waals surface area contributed by atoms with E-state index in [1.54, 1.807) is 25.1 Å². The van der Waals surface area contributed by atoms with Gasteiger partial charge in [0.05, 0.1) is 11.9 Å². The Morgan fingerprint density at radius 2 is 1.79 bits per heavy atom. The number of rotatable bonds is 9. The van der Waals surface area contributed by atoms with E-state index in [2.05, 4.69) is 27.1 Å². The summed E-state index contributed by atoms with van der Waals surface area (Å²) in [4.78, 5) is 35.7. The second-order valence-electron chi connectivity index (χ2n) is 10.7.